The van der Waals surface area contributed by atoms with Crippen molar-refractivity contribution in [2.24, 2.45) is 0 Å². The second-order valence-electron chi connectivity index (χ2n) is 3.53. The molecule has 0 aliphatic carbocycles. The molecule has 2 aromatic rings. The van der Waals surface area contributed by atoms with Crippen LogP contribution in [0.2, 0.25) is 0 Å². The summed E-state index contributed by atoms with van der Waals surface area (Å²) in [5.74, 6) is -1.27. The number of hydrogen-bond donors (Lipinski definition) is 1. The molecule has 0 saturated carbocycles. The fourth-order valence-electron chi connectivity index (χ4n) is 1.67. The zero-order valence-corrected chi connectivity index (χ0v) is 9.11. The number of rotatable bonds is 3. The summed E-state index contributed by atoms with van der Waals surface area (Å²) in [7, 11) is 1.40. The van der Waals surface area contributed by atoms with Crippen LogP contribution in [0.15, 0.2) is 24.3 Å². The predicted octanol–water partition coefficient (Wildman–Crippen LogP) is 2.01. The summed E-state index contributed by atoms with van der Waals surface area (Å²) in [6.45, 7) is 0. The van der Waals surface area contributed by atoms with Crippen LogP contribution in [0.25, 0.3) is 10.9 Å². The molecule has 1 aromatic heterocycles. The largest absolute Gasteiger partial charge is 0.481 e. The molecule has 0 aliphatic heterocycles. The number of nitrogens with zero attached hydrogens (tertiary/aromatic N) is 1. The van der Waals surface area contributed by atoms with Crippen LogP contribution in [0, 0.1) is 5.82 Å². The molecule has 1 heterocycles. The highest BCUT2D eigenvalue weighted by molar-refractivity contribution is 5.87. The van der Waals surface area contributed by atoms with Gasteiger partial charge in [0.25, 0.3) is 0 Å². The predicted molar refractivity (Wildman–Crippen MR) is 59.6 cm³/mol. The molecule has 0 unspecified atom stereocenters. The summed E-state index contributed by atoms with van der Waals surface area (Å²) in [6.07, 6.45) is -0.196. The van der Waals surface area contributed by atoms with Gasteiger partial charge in [-0.15, -0.1) is 0 Å². The number of hydrogen-bond acceptors (Lipinski definition) is 3. The molecule has 17 heavy (non-hydrogen) atoms. The van der Waals surface area contributed by atoms with Crippen molar-refractivity contribution in [1.29, 1.82) is 0 Å². The Morgan fingerprint density at radius 1 is 1.53 bits per heavy atom. The molecule has 0 spiro atoms. The van der Waals surface area contributed by atoms with Gasteiger partial charge in [-0.25, -0.2) is 9.37 Å². The van der Waals surface area contributed by atoms with Crippen molar-refractivity contribution in [1.82, 2.24) is 4.98 Å². The Balaban J connectivity index is 2.71. The minimum absolute atomic E-state index is 0.128. The number of aliphatic carboxylic acids is 1. The van der Waals surface area contributed by atoms with E-state index in [2.05, 4.69) is 4.98 Å². The highest BCUT2D eigenvalue weighted by Gasteiger charge is 2.11. The second kappa shape index (κ2) is 4.37. The Bertz CT molecular complexity index is 583. The van der Waals surface area contributed by atoms with E-state index in [1.807, 2.05) is 0 Å². The van der Waals surface area contributed by atoms with E-state index in [4.69, 9.17) is 9.84 Å². The van der Waals surface area contributed by atoms with Gasteiger partial charge in [0, 0.05) is 11.5 Å². The highest BCUT2D eigenvalue weighted by atomic mass is 19.1. The number of para-hydroxylation sites is 1. The third-order valence-electron chi connectivity index (χ3n) is 2.40. The number of ether oxygens (including phenoxy) is 1. The molecule has 0 fully saturated rings. The number of benzene rings is 1. The molecule has 4 nitrogen and oxygen atoms in total. The molecular formula is C12H10FNO3. The van der Waals surface area contributed by atoms with Gasteiger partial charge in [-0.1, -0.05) is 12.1 Å². The summed E-state index contributed by atoms with van der Waals surface area (Å²) >= 11 is 0. The van der Waals surface area contributed by atoms with Gasteiger partial charge in [0.05, 0.1) is 13.5 Å². The number of methoxy groups -OCH3 is 1. The van der Waals surface area contributed by atoms with Crippen LogP contribution in [-0.2, 0) is 11.2 Å². The van der Waals surface area contributed by atoms with Gasteiger partial charge in [-0.2, -0.15) is 0 Å². The van der Waals surface area contributed by atoms with Crippen molar-refractivity contribution in [3.05, 3.63) is 35.6 Å². The Hall–Kier alpha value is -2.17. The normalized spacial score (nSPS) is 10.5. The van der Waals surface area contributed by atoms with Crippen molar-refractivity contribution in [3.8, 4) is 5.88 Å². The molecule has 0 amide bonds. The average molecular weight is 235 g/mol. The Morgan fingerprint density at radius 3 is 2.94 bits per heavy atom. The monoisotopic (exact) mass is 235 g/mol. The van der Waals surface area contributed by atoms with Crippen LogP contribution in [0.1, 0.15) is 5.56 Å². The lowest BCUT2D eigenvalue weighted by Crippen LogP contribution is -2.03. The van der Waals surface area contributed by atoms with Crippen molar-refractivity contribution in [2.45, 2.75) is 6.42 Å². The molecule has 1 aromatic carbocycles. The molecular weight excluding hydrogens is 225 g/mol. The van der Waals surface area contributed by atoms with Gasteiger partial charge in [0.1, 0.15) is 11.3 Å². The first-order valence-corrected chi connectivity index (χ1v) is 4.95. The third kappa shape index (κ3) is 2.18. The topological polar surface area (TPSA) is 59.4 Å². The maximum Gasteiger partial charge on any atom is 0.307 e. The van der Waals surface area contributed by atoms with E-state index >= 15 is 0 Å². The van der Waals surface area contributed by atoms with E-state index in [1.165, 1.54) is 25.3 Å². The minimum atomic E-state index is -0.983. The van der Waals surface area contributed by atoms with Crippen LogP contribution >= 0.6 is 0 Å². The molecule has 0 atom stereocenters. The minimum Gasteiger partial charge on any atom is -0.481 e. The van der Waals surface area contributed by atoms with Crippen LogP contribution in [0.4, 0.5) is 4.39 Å². The summed E-state index contributed by atoms with van der Waals surface area (Å²) in [5.41, 5.74) is 0.613. The Morgan fingerprint density at radius 2 is 2.29 bits per heavy atom. The molecule has 5 heteroatoms. The van der Waals surface area contributed by atoms with E-state index in [0.29, 0.717) is 10.9 Å². The van der Waals surface area contributed by atoms with E-state index in [1.54, 1.807) is 6.07 Å². The van der Waals surface area contributed by atoms with Gasteiger partial charge in [-0.05, 0) is 11.6 Å². The zero-order valence-electron chi connectivity index (χ0n) is 9.11. The maximum atomic E-state index is 13.6. The van der Waals surface area contributed by atoms with E-state index in [-0.39, 0.29) is 17.8 Å². The van der Waals surface area contributed by atoms with Gasteiger partial charge >= 0.3 is 5.97 Å². The van der Waals surface area contributed by atoms with Gasteiger partial charge in [-0.3, -0.25) is 4.79 Å². The lowest BCUT2D eigenvalue weighted by atomic mass is 10.1. The number of carboxylic acids is 1. The van der Waals surface area contributed by atoms with E-state index in [9.17, 15) is 9.18 Å². The summed E-state index contributed by atoms with van der Waals surface area (Å²) in [6, 6.07) is 5.95. The van der Waals surface area contributed by atoms with Crippen molar-refractivity contribution in [3.63, 3.8) is 0 Å². The van der Waals surface area contributed by atoms with Crippen molar-refractivity contribution in [2.75, 3.05) is 7.11 Å². The standard InChI is InChI=1S/C12H10FNO3/c1-17-10-5-7(6-11(15)16)8-3-2-4-9(13)12(8)14-10/h2-5H,6H2,1H3,(H,15,16). The summed E-state index contributed by atoms with van der Waals surface area (Å²) in [5, 5.41) is 9.30. The summed E-state index contributed by atoms with van der Waals surface area (Å²) < 4.78 is 18.5. The molecule has 0 radical (unpaired) electrons. The van der Waals surface area contributed by atoms with Crippen LogP contribution < -0.4 is 4.74 Å². The van der Waals surface area contributed by atoms with Gasteiger partial charge < -0.3 is 9.84 Å². The van der Waals surface area contributed by atoms with Gasteiger partial charge in [0.15, 0.2) is 0 Å². The van der Waals surface area contributed by atoms with Gasteiger partial charge in [0.2, 0.25) is 5.88 Å². The van der Waals surface area contributed by atoms with Crippen LogP contribution in [0.5, 0.6) is 5.88 Å². The number of carboxylic acid groups (broad SMARTS) is 1. The van der Waals surface area contributed by atoms with Crippen LogP contribution in [-0.4, -0.2) is 23.2 Å². The molecule has 1 N–H and O–H groups in total. The Kier molecular flexibility index (Phi) is 2.91. The Labute approximate surface area is 96.7 Å². The highest BCUT2D eigenvalue weighted by Crippen LogP contribution is 2.24. The molecule has 0 bridgehead atoms. The molecule has 2 rings (SSSR count). The summed E-state index contributed by atoms with van der Waals surface area (Å²) in [4.78, 5) is 14.7. The number of pyridine rings is 1. The SMILES string of the molecule is COc1cc(CC(=O)O)c2cccc(F)c2n1. The number of aromatic nitrogens is 1. The fraction of sp³-hybridized carbons (Fsp3) is 0.167. The zero-order chi connectivity index (χ0) is 12.4. The van der Waals surface area contributed by atoms with Crippen LogP contribution in [0.3, 0.4) is 0 Å². The number of halogens is 1. The first-order chi connectivity index (χ1) is 8.11. The molecule has 0 aliphatic rings. The lowest BCUT2D eigenvalue weighted by molar-refractivity contribution is -0.136. The molecule has 0 saturated heterocycles. The number of carbonyl (C=O) groups is 1. The van der Waals surface area contributed by atoms with Crippen molar-refractivity contribution >= 4 is 16.9 Å². The van der Waals surface area contributed by atoms with E-state index < -0.39 is 11.8 Å². The number of fused-ring (bicyclic) bond motifs is 1. The average Bonchev–Trinajstić information content (AvgIpc) is 2.29. The van der Waals surface area contributed by atoms with E-state index in [0.717, 1.165) is 0 Å². The quantitative estimate of drug-likeness (QED) is 0.884. The third-order valence-corrected chi connectivity index (χ3v) is 2.40. The molecule has 88 valence electrons. The van der Waals surface area contributed by atoms with Crippen molar-refractivity contribution < 1.29 is 19.0 Å². The second-order valence-corrected chi connectivity index (χ2v) is 3.53. The first-order valence-electron chi connectivity index (χ1n) is 4.95. The smallest absolute Gasteiger partial charge is 0.307 e. The first kappa shape index (κ1) is 11.3. The maximum absolute atomic E-state index is 13.6. The lowest BCUT2D eigenvalue weighted by Gasteiger charge is -2.07. The fourth-order valence-corrected chi connectivity index (χ4v) is 1.67.